The molecule has 2 aromatic rings. The average molecular weight is 257 g/mol. The lowest BCUT2D eigenvalue weighted by Crippen LogP contribution is -2.02. The van der Waals surface area contributed by atoms with Crippen molar-refractivity contribution in [2.24, 2.45) is 5.73 Å². The zero-order valence-corrected chi connectivity index (χ0v) is 9.07. The maximum Gasteiger partial charge on any atom is 0.147 e. The summed E-state index contributed by atoms with van der Waals surface area (Å²) in [7, 11) is 0. The molecule has 1 aromatic heterocycles. The van der Waals surface area contributed by atoms with Crippen LogP contribution in [-0.2, 0) is 6.42 Å². The second-order valence-corrected chi connectivity index (χ2v) is 3.91. The Morgan fingerprint density at radius 1 is 1.43 bits per heavy atom. The number of benzene rings is 1. The molecule has 2 nitrogen and oxygen atoms in total. The van der Waals surface area contributed by atoms with Crippen LogP contribution in [0.4, 0.5) is 4.39 Å². The first-order valence-corrected chi connectivity index (χ1v) is 5.18. The molecule has 2 rings (SSSR count). The van der Waals surface area contributed by atoms with Gasteiger partial charge >= 0.3 is 0 Å². The Hall–Kier alpha value is -0.870. The number of aromatic amines is 1. The fraction of sp³-hybridized carbons (Fsp3) is 0.200. The topological polar surface area (TPSA) is 41.8 Å². The Morgan fingerprint density at radius 2 is 2.21 bits per heavy atom. The fourth-order valence-corrected chi connectivity index (χ4v) is 2.20. The largest absolute Gasteiger partial charge is 0.347 e. The van der Waals surface area contributed by atoms with Crippen molar-refractivity contribution in [1.82, 2.24) is 4.98 Å². The minimum Gasteiger partial charge on any atom is -0.347 e. The van der Waals surface area contributed by atoms with Gasteiger partial charge in [-0.1, -0.05) is 12.1 Å². The first kappa shape index (κ1) is 9.68. The van der Waals surface area contributed by atoms with Gasteiger partial charge in [-0.2, -0.15) is 0 Å². The van der Waals surface area contributed by atoms with Gasteiger partial charge in [0.05, 0.1) is 10.1 Å². The molecule has 0 amide bonds. The molecule has 0 aliphatic carbocycles. The van der Waals surface area contributed by atoms with Crippen LogP contribution < -0.4 is 5.73 Å². The minimum absolute atomic E-state index is 0.230. The van der Waals surface area contributed by atoms with Crippen molar-refractivity contribution in [3.8, 4) is 0 Å². The summed E-state index contributed by atoms with van der Waals surface area (Å²) in [5.74, 6) is -0.230. The number of H-pyrrole nitrogens is 1. The van der Waals surface area contributed by atoms with Crippen LogP contribution in [-0.4, -0.2) is 11.5 Å². The van der Waals surface area contributed by atoms with Gasteiger partial charge in [-0.15, -0.1) is 0 Å². The predicted molar refractivity (Wildman–Crippen MR) is 58.7 cm³/mol. The van der Waals surface area contributed by atoms with Gasteiger partial charge in [-0.3, -0.25) is 0 Å². The maximum absolute atomic E-state index is 13.3. The van der Waals surface area contributed by atoms with Crippen LogP contribution in [0.2, 0.25) is 0 Å². The van der Waals surface area contributed by atoms with E-state index in [-0.39, 0.29) is 5.82 Å². The normalized spacial score (nSPS) is 11.1. The van der Waals surface area contributed by atoms with E-state index >= 15 is 0 Å². The fourth-order valence-electron chi connectivity index (χ4n) is 1.59. The summed E-state index contributed by atoms with van der Waals surface area (Å²) in [6, 6.07) is 5.04. The monoisotopic (exact) mass is 256 g/mol. The minimum atomic E-state index is -0.230. The standard InChI is InChI=1S/C10H10BrFN2/c11-10-7(4-5-13)6-2-1-3-8(12)9(6)14-10/h1-3,14H,4-5,13H2. The van der Waals surface area contributed by atoms with Crippen LogP contribution in [0.1, 0.15) is 5.56 Å². The molecule has 0 radical (unpaired) electrons. The van der Waals surface area contributed by atoms with E-state index in [0.29, 0.717) is 12.1 Å². The number of fused-ring (bicyclic) bond motifs is 1. The summed E-state index contributed by atoms with van der Waals surface area (Å²) in [6.45, 7) is 0.558. The van der Waals surface area contributed by atoms with E-state index in [1.165, 1.54) is 6.07 Å². The van der Waals surface area contributed by atoms with Gasteiger partial charge in [0, 0.05) is 5.39 Å². The SMILES string of the molecule is NCCc1c(Br)[nH]c2c(F)cccc12. The summed E-state index contributed by atoms with van der Waals surface area (Å²) in [6.07, 6.45) is 0.740. The Labute approximate surface area is 89.4 Å². The highest BCUT2D eigenvalue weighted by atomic mass is 79.9. The molecular formula is C10H10BrFN2. The van der Waals surface area contributed by atoms with Gasteiger partial charge in [0.1, 0.15) is 5.82 Å². The zero-order valence-electron chi connectivity index (χ0n) is 7.48. The molecule has 0 unspecified atom stereocenters. The van der Waals surface area contributed by atoms with Crippen molar-refractivity contribution >= 4 is 26.8 Å². The number of rotatable bonds is 2. The molecule has 0 saturated carbocycles. The summed E-state index contributed by atoms with van der Waals surface area (Å²) in [5, 5.41) is 0.905. The van der Waals surface area contributed by atoms with Gasteiger partial charge < -0.3 is 10.7 Å². The van der Waals surface area contributed by atoms with Crippen LogP contribution in [0, 0.1) is 5.82 Å². The van der Waals surface area contributed by atoms with E-state index < -0.39 is 0 Å². The smallest absolute Gasteiger partial charge is 0.147 e. The Kier molecular flexibility index (Phi) is 2.56. The third-order valence-corrected chi connectivity index (χ3v) is 2.91. The van der Waals surface area contributed by atoms with Crippen molar-refractivity contribution in [3.05, 3.63) is 34.2 Å². The van der Waals surface area contributed by atoms with Gasteiger partial charge in [0.2, 0.25) is 0 Å². The predicted octanol–water partition coefficient (Wildman–Crippen LogP) is 2.57. The highest BCUT2D eigenvalue weighted by molar-refractivity contribution is 9.10. The van der Waals surface area contributed by atoms with Crippen LogP contribution in [0.5, 0.6) is 0 Å². The van der Waals surface area contributed by atoms with E-state index in [4.69, 9.17) is 5.73 Å². The van der Waals surface area contributed by atoms with E-state index in [0.717, 1.165) is 22.0 Å². The van der Waals surface area contributed by atoms with Gasteiger partial charge in [0.15, 0.2) is 0 Å². The number of aromatic nitrogens is 1. The average Bonchev–Trinajstić information content (AvgIpc) is 2.47. The number of halogens is 2. The highest BCUT2D eigenvalue weighted by Gasteiger charge is 2.10. The summed E-state index contributed by atoms with van der Waals surface area (Å²) in [4.78, 5) is 2.97. The van der Waals surface area contributed by atoms with Gasteiger partial charge in [0.25, 0.3) is 0 Å². The van der Waals surface area contributed by atoms with Crippen LogP contribution in [0.25, 0.3) is 10.9 Å². The Morgan fingerprint density at radius 3 is 2.93 bits per heavy atom. The molecule has 14 heavy (non-hydrogen) atoms. The molecule has 0 atom stereocenters. The van der Waals surface area contributed by atoms with E-state index in [2.05, 4.69) is 20.9 Å². The molecule has 0 aliphatic heterocycles. The molecule has 1 heterocycles. The summed E-state index contributed by atoms with van der Waals surface area (Å²) in [5.41, 5.74) is 7.08. The van der Waals surface area contributed by atoms with Crippen molar-refractivity contribution < 1.29 is 4.39 Å². The third kappa shape index (κ3) is 1.44. The van der Waals surface area contributed by atoms with Crippen molar-refractivity contribution in [2.45, 2.75) is 6.42 Å². The lowest BCUT2D eigenvalue weighted by Gasteiger charge is -1.96. The molecule has 0 fully saturated rings. The maximum atomic E-state index is 13.3. The molecule has 3 N–H and O–H groups in total. The van der Waals surface area contributed by atoms with Crippen molar-refractivity contribution in [2.75, 3.05) is 6.54 Å². The quantitative estimate of drug-likeness (QED) is 0.853. The molecule has 74 valence electrons. The highest BCUT2D eigenvalue weighted by Crippen LogP contribution is 2.28. The zero-order chi connectivity index (χ0) is 10.1. The molecule has 0 spiro atoms. The lowest BCUT2D eigenvalue weighted by atomic mass is 10.1. The van der Waals surface area contributed by atoms with Crippen molar-refractivity contribution in [3.63, 3.8) is 0 Å². The first-order valence-electron chi connectivity index (χ1n) is 4.38. The third-order valence-electron chi connectivity index (χ3n) is 2.23. The lowest BCUT2D eigenvalue weighted by molar-refractivity contribution is 0.637. The number of nitrogens with two attached hydrogens (primary N) is 1. The van der Waals surface area contributed by atoms with Crippen LogP contribution in [0.15, 0.2) is 22.8 Å². The number of para-hydroxylation sites is 1. The Bertz CT molecular complexity index is 464. The van der Waals surface area contributed by atoms with E-state index in [1.54, 1.807) is 6.07 Å². The molecule has 0 bridgehead atoms. The second-order valence-electron chi connectivity index (χ2n) is 3.12. The van der Waals surface area contributed by atoms with E-state index in [1.807, 2.05) is 6.07 Å². The van der Waals surface area contributed by atoms with Crippen LogP contribution in [0.3, 0.4) is 0 Å². The second kappa shape index (κ2) is 3.71. The molecule has 1 aromatic carbocycles. The number of hydrogen-bond donors (Lipinski definition) is 2. The van der Waals surface area contributed by atoms with E-state index in [9.17, 15) is 4.39 Å². The summed E-state index contributed by atoms with van der Waals surface area (Å²) >= 11 is 3.37. The van der Waals surface area contributed by atoms with Crippen LogP contribution >= 0.6 is 15.9 Å². The molecule has 4 heteroatoms. The van der Waals surface area contributed by atoms with Gasteiger partial charge in [-0.05, 0) is 40.5 Å². The van der Waals surface area contributed by atoms with Crippen molar-refractivity contribution in [1.29, 1.82) is 0 Å². The Balaban J connectivity index is 2.70. The number of nitrogens with one attached hydrogen (secondary N) is 1. The number of hydrogen-bond acceptors (Lipinski definition) is 1. The van der Waals surface area contributed by atoms with Gasteiger partial charge in [-0.25, -0.2) is 4.39 Å². The molecular weight excluding hydrogens is 247 g/mol. The summed E-state index contributed by atoms with van der Waals surface area (Å²) < 4.78 is 14.2. The molecule has 0 aliphatic rings. The first-order chi connectivity index (χ1) is 6.74. The molecule has 0 saturated heterocycles.